The van der Waals surface area contributed by atoms with Gasteiger partial charge in [0.05, 0.1) is 15.8 Å². The molecule has 7 heteroatoms. The maximum absolute atomic E-state index is 12.9. The van der Waals surface area contributed by atoms with Gasteiger partial charge < -0.3 is 9.73 Å². The van der Waals surface area contributed by atoms with Gasteiger partial charge in [-0.15, -0.1) is 0 Å². The largest absolute Gasteiger partial charge is 0.459 e. The first kappa shape index (κ1) is 18.0. The highest BCUT2D eigenvalue weighted by atomic mass is 79.9. The van der Waals surface area contributed by atoms with Crippen LogP contribution in [-0.4, -0.2) is 20.3 Å². The summed E-state index contributed by atoms with van der Waals surface area (Å²) >= 11 is 9.43. The number of nitrogens with one attached hydrogen (secondary N) is 1. The van der Waals surface area contributed by atoms with E-state index in [1.165, 1.54) is 11.6 Å². The van der Waals surface area contributed by atoms with Crippen LogP contribution in [0.1, 0.15) is 23.8 Å². The Kier molecular flexibility index (Phi) is 4.86. The first-order chi connectivity index (χ1) is 12.5. The summed E-state index contributed by atoms with van der Waals surface area (Å²) in [6.07, 6.45) is 1.79. The maximum atomic E-state index is 12.9. The Morgan fingerprint density at radius 2 is 2.00 bits per heavy atom. The summed E-state index contributed by atoms with van der Waals surface area (Å²) in [5.74, 6) is 0.919. The molecule has 0 aliphatic carbocycles. The fraction of sp³-hybridized carbons (Fsp3) is 0.263. The zero-order chi connectivity index (χ0) is 18.3. The molecule has 1 atom stereocenters. The lowest BCUT2D eigenvalue weighted by molar-refractivity contribution is 0.399. The summed E-state index contributed by atoms with van der Waals surface area (Å²) in [6.45, 7) is 0.891. The van der Waals surface area contributed by atoms with Crippen LogP contribution in [0, 0.1) is 0 Å². The molecule has 0 radical (unpaired) electrons. The summed E-state index contributed by atoms with van der Waals surface area (Å²) in [4.78, 5) is 0.392. The van der Waals surface area contributed by atoms with Gasteiger partial charge in [-0.25, -0.2) is 8.42 Å². The average molecular weight is 455 g/mol. The highest BCUT2D eigenvalue weighted by Crippen LogP contribution is 2.36. The van der Waals surface area contributed by atoms with Crippen molar-refractivity contribution < 1.29 is 12.8 Å². The van der Waals surface area contributed by atoms with Crippen LogP contribution in [0.2, 0.25) is 5.02 Å². The number of halogens is 2. The highest BCUT2D eigenvalue weighted by molar-refractivity contribution is 9.09. The highest BCUT2D eigenvalue weighted by Gasteiger charge is 2.27. The second kappa shape index (κ2) is 7.00. The fourth-order valence-electron chi connectivity index (χ4n) is 3.43. The van der Waals surface area contributed by atoms with Gasteiger partial charge in [0, 0.05) is 33.9 Å². The predicted molar refractivity (Wildman–Crippen MR) is 106 cm³/mol. The lowest BCUT2D eigenvalue weighted by Crippen LogP contribution is -2.29. The molecule has 1 N–H and O–H groups in total. The van der Waals surface area contributed by atoms with Gasteiger partial charge in [-0.1, -0.05) is 33.6 Å². The molecular formula is C19H17BrClNO3S. The molecule has 2 aromatic carbocycles. The fourth-order valence-corrected chi connectivity index (χ4v) is 5.47. The van der Waals surface area contributed by atoms with Crippen molar-refractivity contribution in [2.45, 2.75) is 28.7 Å². The second-order valence-electron chi connectivity index (χ2n) is 6.30. The molecule has 1 aliphatic rings. The van der Waals surface area contributed by atoms with Crippen molar-refractivity contribution >= 4 is 48.3 Å². The Morgan fingerprint density at radius 1 is 1.19 bits per heavy atom. The van der Waals surface area contributed by atoms with Gasteiger partial charge in [0.15, 0.2) is 0 Å². The van der Waals surface area contributed by atoms with E-state index in [0.29, 0.717) is 10.6 Å². The van der Waals surface area contributed by atoms with Gasteiger partial charge in [0.2, 0.25) is 9.84 Å². The number of furan rings is 1. The van der Waals surface area contributed by atoms with E-state index in [0.717, 1.165) is 35.9 Å². The van der Waals surface area contributed by atoms with Crippen LogP contribution in [-0.2, 0) is 16.3 Å². The van der Waals surface area contributed by atoms with Crippen molar-refractivity contribution in [3.05, 3.63) is 58.8 Å². The molecule has 1 aliphatic heterocycles. The molecule has 4 nitrogen and oxygen atoms in total. The quantitative estimate of drug-likeness (QED) is 0.570. The Bertz CT molecular complexity index is 1080. The molecule has 1 unspecified atom stereocenters. The third kappa shape index (κ3) is 3.09. The van der Waals surface area contributed by atoms with E-state index in [1.807, 2.05) is 6.07 Å². The minimum Gasteiger partial charge on any atom is -0.459 e. The van der Waals surface area contributed by atoms with Crippen LogP contribution in [0.15, 0.2) is 56.7 Å². The monoisotopic (exact) mass is 453 g/mol. The van der Waals surface area contributed by atoms with Crippen molar-refractivity contribution in [3.63, 3.8) is 0 Å². The zero-order valence-electron chi connectivity index (χ0n) is 13.8. The third-order valence-corrected chi connectivity index (χ3v) is 7.13. The minimum atomic E-state index is -3.65. The second-order valence-corrected chi connectivity index (χ2v) is 9.48. The Labute approximate surface area is 165 Å². The van der Waals surface area contributed by atoms with Crippen molar-refractivity contribution in [2.24, 2.45) is 0 Å². The molecule has 0 fully saturated rings. The number of alkyl halides is 1. The Balaban J connectivity index is 1.81. The minimum absolute atomic E-state index is 0.151. The topological polar surface area (TPSA) is 59.3 Å². The van der Waals surface area contributed by atoms with E-state index >= 15 is 0 Å². The first-order valence-corrected chi connectivity index (χ1v) is 11.3. The molecule has 2 heterocycles. The van der Waals surface area contributed by atoms with E-state index in [9.17, 15) is 8.42 Å². The van der Waals surface area contributed by atoms with Gasteiger partial charge in [0.1, 0.15) is 11.3 Å². The van der Waals surface area contributed by atoms with Gasteiger partial charge >= 0.3 is 0 Å². The average Bonchev–Trinajstić information content (AvgIpc) is 3.01. The summed E-state index contributed by atoms with van der Waals surface area (Å²) < 4.78 is 31.9. The van der Waals surface area contributed by atoms with Gasteiger partial charge in [-0.3, -0.25) is 0 Å². The molecule has 136 valence electrons. The smallest absolute Gasteiger partial charge is 0.206 e. The van der Waals surface area contributed by atoms with Gasteiger partial charge in [0.25, 0.3) is 0 Å². The number of benzene rings is 2. The van der Waals surface area contributed by atoms with E-state index in [4.69, 9.17) is 16.0 Å². The molecule has 0 amide bonds. The Hall–Kier alpha value is -1.34. The number of rotatable bonds is 4. The van der Waals surface area contributed by atoms with Crippen LogP contribution in [0.25, 0.3) is 11.0 Å². The van der Waals surface area contributed by atoms with Crippen LogP contribution in [0.4, 0.5) is 0 Å². The van der Waals surface area contributed by atoms with Gasteiger partial charge in [-0.2, -0.15) is 0 Å². The molecule has 0 bridgehead atoms. The van der Waals surface area contributed by atoms with Crippen molar-refractivity contribution in [3.8, 4) is 0 Å². The van der Waals surface area contributed by atoms with E-state index in [2.05, 4.69) is 21.2 Å². The lowest BCUT2D eigenvalue weighted by Gasteiger charge is -2.21. The summed E-state index contributed by atoms with van der Waals surface area (Å²) in [7, 11) is -3.65. The molecule has 3 aromatic rings. The number of hydrogen-bond donors (Lipinski definition) is 1. The predicted octanol–water partition coefficient (Wildman–Crippen LogP) is 4.89. The molecule has 0 saturated heterocycles. The molecule has 1 aromatic heterocycles. The number of hydrogen-bond acceptors (Lipinski definition) is 4. The van der Waals surface area contributed by atoms with Crippen molar-refractivity contribution in [1.82, 2.24) is 5.32 Å². The maximum Gasteiger partial charge on any atom is 0.206 e. The molecule has 0 saturated carbocycles. The summed E-state index contributed by atoms with van der Waals surface area (Å²) in [5.41, 5.74) is 1.79. The molecule has 26 heavy (non-hydrogen) atoms. The molecule has 0 spiro atoms. The van der Waals surface area contributed by atoms with E-state index < -0.39 is 9.84 Å². The lowest BCUT2D eigenvalue weighted by atomic mass is 9.98. The van der Waals surface area contributed by atoms with Crippen LogP contribution in [0.5, 0.6) is 0 Å². The third-order valence-electron chi connectivity index (χ3n) is 4.69. The normalized spacial score (nSPS) is 17.4. The first-order valence-electron chi connectivity index (χ1n) is 8.36. The van der Waals surface area contributed by atoms with Gasteiger partial charge in [-0.05, 0) is 43.2 Å². The van der Waals surface area contributed by atoms with E-state index in [-0.39, 0.29) is 15.8 Å². The van der Waals surface area contributed by atoms with Crippen LogP contribution >= 0.6 is 27.5 Å². The van der Waals surface area contributed by atoms with Crippen molar-refractivity contribution in [1.29, 1.82) is 0 Å². The SMILES string of the molecule is O=S(=O)(c1cccc(Cl)c1)c1ccc2c3c(oc2c1)C(CCBr)NCC3. The van der Waals surface area contributed by atoms with Crippen molar-refractivity contribution in [2.75, 3.05) is 11.9 Å². The van der Waals surface area contributed by atoms with Crippen LogP contribution in [0.3, 0.4) is 0 Å². The number of sulfone groups is 1. The number of fused-ring (bicyclic) bond motifs is 3. The van der Waals surface area contributed by atoms with E-state index in [1.54, 1.807) is 30.3 Å². The molecule has 4 rings (SSSR count). The summed E-state index contributed by atoms with van der Waals surface area (Å²) in [5, 5.41) is 5.71. The standard InChI is InChI=1S/C19H17BrClNO3S/c20-8-6-17-19-16(7-9-22-17)15-5-4-14(11-18(15)25-19)26(23,24)13-3-1-2-12(21)10-13/h1-5,10-11,17,22H,6-9H2. The summed E-state index contributed by atoms with van der Waals surface area (Å²) in [6, 6.07) is 11.6. The zero-order valence-corrected chi connectivity index (χ0v) is 17.0. The van der Waals surface area contributed by atoms with Crippen LogP contribution < -0.4 is 5.32 Å². The Morgan fingerprint density at radius 3 is 2.77 bits per heavy atom. The molecular weight excluding hydrogens is 438 g/mol.